The summed E-state index contributed by atoms with van der Waals surface area (Å²) in [7, 11) is 0. The van der Waals surface area contributed by atoms with E-state index in [0.29, 0.717) is 11.4 Å². The van der Waals surface area contributed by atoms with Gasteiger partial charge in [-0.3, -0.25) is 14.7 Å². The smallest absolute Gasteiger partial charge is 0.256 e. The third kappa shape index (κ3) is 4.23. The summed E-state index contributed by atoms with van der Waals surface area (Å²) in [5.41, 5.74) is 2.48. The molecule has 1 unspecified atom stereocenters. The quantitative estimate of drug-likeness (QED) is 0.713. The van der Waals surface area contributed by atoms with Crippen LogP contribution in [0.5, 0.6) is 0 Å². The lowest BCUT2D eigenvalue weighted by atomic mass is 10.2. The number of likely N-dealkylation sites (tertiary alicyclic amines) is 1. The molecule has 0 bridgehead atoms. The van der Waals surface area contributed by atoms with Crippen LogP contribution in [0.1, 0.15) is 51.5 Å². The lowest BCUT2D eigenvalue weighted by molar-refractivity contribution is 0.102. The maximum Gasteiger partial charge on any atom is 0.256 e. The van der Waals surface area contributed by atoms with Gasteiger partial charge in [-0.1, -0.05) is 0 Å². The van der Waals surface area contributed by atoms with Crippen LogP contribution in [0.15, 0.2) is 36.0 Å². The average Bonchev–Trinajstić information content (AvgIpc) is 3.31. The fraction of sp³-hybridized carbons (Fsp3) is 0.350. The second kappa shape index (κ2) is 8.12. The first-order valence-electron chi connectivity index (χ1n) is 9.30. The van der Waals surface area contributed by atoms with Crippen molar-refractivity contribution in [1.82, 2.24) is 24.8 Å². The van der Waals surface area contributed by atoms with Gasteiger partial charge in [0, 0.05) is 41.6 Å². The molecule has 28 heavy (non-hydrogen) atoms. The van der Waals surface area contributed by atoms with Crippen molar-refractivity contribution >= 4 is 23.1 Å². The molecule has 1 aliphatic heterocycles. The van der Waals surface area contributed by atoms with E-state index in [9.17, 15) is 4.79 Å². The highest BCUT2D eigenvalue weighted by molar-refractivity contribution is 7.09. The fourth-order valence-electron chi connectivity index (χ4n) is 3.49. The van der Waals surface area contributed by atoms with Gasteiger partial charge in [-0.05, 0) is 45.4 Å². The SMILES string of the molecule is Cc1cc(NC(=O)c2ccncc2)nc(C2CCCN2Cc2csc(C)n2)n1. The highest BCUT2D eigenvalue weighted by Crippen LogP contribution is 2.32. The molecule has 4 rings (SSSR count). The van der Waals surface area contributed by atoms with E-state index in [1.54, 1.807) is 41.9 Å². The Bertz CT molecular complexity index is 974. The van der Waals surface area contributed by atoms with Crippen LogP contribution in [0, 0.1) is 13.8 Å². The maximum absolute atomic E-state index is 12.4. The molecule has 144 valence electrons. The number of nitrogens with one attached hydrogen (secondary N) is 1. The van der Waals surface area contributed by atoms with E-state index in [-0.39, 0.29) is 11.9 Å². The zero-order valence-electron chi connectivity index (χ0n) is 15.9. The number of aryl methyl sites for hydroxylation is 2. The van der Waals surface area contributed by atoms with E-state index in [1.165, 1.54) is 0 Å². The summed E-state index contributed by atoms with van der Waals surface area (Å²) in [6, 6.07) is 5.29. The van der Waals surface area contributed by atoms with Gasteiger partial charge in [0.05, 0.1) is 16.7 Å². The molecule has 1 atom stereocenters. The number of pyridine rings is 1. The second-order valence-corrected chi connectivity index (χ2v) is 7.99. The van der Waals surface area contributed by atoms with Crippen molar-refractivity contribution in [3.05, 3.63) is 63.8 Å². The zero-order chi connectivity index (χ0) is 19.5. The molecule has 0 saturated carbocycles. The van der Waals surface area contributed by atoms with Gasteiger partial charge in [0.15, 0.2) is 0 Å². The Hall–Kier alpha value is -2.71. The Balaban J connectivity index is 1.53. The summed E-state index contributed by atoms with van der Waals surface area (Å²) >= 11 is 1.67. The second-order valence-electron chi connectivity index (χ2n) is 6.93. The van der Waals surface area contributed by atoms with Crippen LogP contribution in [0.2, 0.25) is 0 Å². The van der Waals surface area contributed by atoms with E-state index >= 15 is 0 Å². The molecule has 8 heteroatoms. The van der Waals surface area contributed by atoms with Gasteiger partial charge in [0.1, 0.15) is 11.6 Å². The molecule has 7 nitrogen and oxygen atoms in total. The number of nitrogens with zero attached hydrogens (tertiary/aromatic N) is 5. The molecule has 0 aromatic carbocycles. The van der Waals surface area contributed by atoms with Crippen LogP contribution in [-0.2, 0) is 6.54 Å². The molecule has 0 aliphatic carbocycles. The van der Waals surface area contributed by atoms with Crippen molar-refractivity contribution < 1.29 is 4.79 Å². The highest BCUT2D eigenvalue weighted by Gasteiger charge is 2.29. The minimum atomic E-state index is -0.201. The van der Waals surface area contributed by atoms with E-state index in [2.05, 4.69) is 35.5 Å². The van der Waals surface area contributed by atoms with Gasteiger partial charge in [0.25, 0.3) is 5.91 Å². The molecule has 1 saturated heterocycles. The van der Waals surface area contributed by atoms with Gasteiger partial charge >= 0.3 is 0 Å². The van der Waals surface area contributed by atoms with E-state index in [4.69, 9.17) is 0 Å². The molecule has 0 radical (unpaired) electrons. The molecule has 1 aliphatic rings. The Kier molecular flexibility index (Phi) is 5.40. The van der Waals surface area contributed by atoms with Crippen molar-refractivity contribution in [2.45, 2.75) is 39.3 Å². The van der Waals surface area contributed by atoms with Crippen molar-refractivity contribution in [3.63, 3.8) is 0 Å². The van der Waals surface area contributed by atoms with Gasteiger partial charge in [-0.15, -0.1) is 11.3 Å². The molecule has 3 aromatic rings. The number of thiazole rings is 1. The summed E-state index contributed by atoms with van der Waals surface area (Å²) in [4.78, 5) is 32.7. The topological polar surface area (TPSA) is 83.9 Å². The van der Waals surface area contributed by atoms with Crippen LogP contribution in [0.3, 0.4) is 0 Å². The summed E-state index contributed by atoms with van der Waals surface area (Å²) in [6.45, 7) is 5.75. The zero-order valence-corrected chi connectivity index (χ0v) is 16.7. The van der Waals surface area contributed by atoms with E-state index in [0.717, 1.165) is 48.2 Å². The van der Waals surface area contributed by atoms with E-state index < -0.39 is 0 Å². The number of hydrogen-bond acceptors (Lipinski definition) is 7. The Morgan fingerprint density at radius 1 is 1.25 bits per heavy atom. The minimum absolute atomic E-state index is 0.137. The summed E-state index contributed by atoms with van der Waals surface area (Å²) < 4.78 is 0. The molecule has 3 aromatic heterocycles. The maximum atomic E-state index is 12.4. The number of aromatic nitrogens is 4. The molecular formula is C20H22N6OS. The number of anilines is 1. The first kappa shape index (κ1) is 18.6. The van der Waals surface area contributed by atoms with Crippen molar-refractivity contribution in [3.8, 4) is 0 Å². The molecule has 1 N–H and O–H groups in total. The van der Waals surface area contributed by atoms with Crippen molar-refractivity contribution in [1.29, 1.82) is 0 Å². The number of carbonyl (C=O) groups is 1. The van der Waals surface area contributed by atoms with Crippen LogP contribution >= 0.6 is 11.3 Å². The van der Waals surface area contributed by atoms with Gasteiger partial charge in [-0.2, -0.15) is 0 Å². The van der Waals surface area contributed by atoms with E-state index in [1.807, 2.05) is 13.8 Å². The molecule has 1 amide bonds. The standard InChI is InChI=1S/C20H22N6OS/c1-13-10-18(25-20(27)15-5-7-21-8-6-15)24-19(22-13)17-4-3-9-26(17)11-16-12-28-14(2)23-16/h5-8,10,12,17H,3-4,9,11H2,1-2H3,(H,22,24,25,27). The van der Waals surface area contributed by atoms with Crippen molar-refractivity contribution in [2.75, 3.05) is 11.9 Å². The minimum Gasteiger partial charge on any atom is -0.306 e. The summed E-state index contributed by atoms with van der Waals surface area (Å²) in [6.07, 6.45) is 5.30. The summed E-state index contributed by atoms with van der Waals surface area (Å²) in [5, 5.41) is 6.08. The molecule has 1 fully saturated rings. The highest BCUT2D eigenvalue weighted by atomic mass is 32.1. The van der Waals surface area contributed by atoms with Crippen LogP contribution in [0.25, 0.3) is 0 Å². The van der Waals surface area contributed by atoms with Crippen LogP contribution in [0.4, 0.5) is 5.82 Å². The molecule has 0 spiro atoms. The normalized spacial score (nSPS) is 17.0. The van der Waals surface area contributed by atoms with Gasteiger partial charge < -0.3 is 5.32 Å². The number of rotatable bonds is 5. The predicted octanol–water partition coefficient (Wildman–Crippen LogP) is 3.53. The largest absolute Gasteiger partial charge is 0.306 e. The van der Waals surface area contributed by atoms with Gasteiger partial charge in [0.2, 0.25) is 0 Å². The number of amides is 1. The first-order chi connectivity index (χ1) is 13.6. The van der Waals surface area contributed by atoms with Crippen LogP contribution in [-0.4, -0.2) is 37.3 Å². The number of carbonyl (C=O) groups excluding carboxylic acids is 1. The van der Waals surface area contributed by atoms with Crippen molar-refractivity contribution in [2.24, 2.45) is 0 Å². The fourth-order valence-corrected chi connectivity index (χ4v) is 4.10. The monoisotopic (exact) mass is 394 g/mol. The van der Waals surface area contributed by atoms with Crippen LogP contribution < -0.4 is 5.32 Å². The third-order valence-electron chi connectivity index (χ3n) is 4.75. The Morgan fingerprint density at radius 3 is 2.82 bits per heavy atom. The third-order valence-corrected chi connectivity index (χ3v) is 5.57. The lowest BCUT2D eigenvalue weighted by Crippen LogP contribution is -2.25. The summed E-state index contributed by atoms with van der Waals surface area (Å²) in [5.74, 6) is 1.09. The first-order valence-corrected chi connectivity index (χ1v) is 10.2. The Labute approximate surface area is 167 Å². The number of hydrogen-bond donors (Lipinski definition) is 1. The molecule has 4 heterocycles. The molecular weight excluding hydrogens is 372 g/mol. The lowest BCUT2D eigenvalue weighted by Gasteiger charge is -2.23. The predicted molar refractivity (Wildman–Crippen MR) is 108 cm³/mol. The van der Waals surface area contributed by atoms with Gasteiger partial charge in [-0.25, -0.2) is 15.0 Å². The average molecular weight is 395 g/mol. The Morgan fingerprint density at radius 2 is 2.07 bits per heavy atom.